The lowest BCUT2D eigenvalue weighted by molar-refractivity contribution is -0.133. The van der Waals surface area contributed by atoms with Gasteiger partial charge >= 0.3 is 0 Å². The van der Waals surface area contributed by atoms with Crippen molar-refractivity contribution in [3.05, 3.63) is 23.8 Å². The molecule has 1 saturated carbocycles. The first-order valence-corrected chi connectivity index (χ1v) is 9.01. The van der Waals surface area contributed by atoms with Gasteiger partial charge in [-0.2, -0.15) is 0 Å². The van der Waals surface area contributed by atoms with Gasteiger partial charge in [-0.05, 0) is 49.3 Å². The molecule has 124 valence electrons. The second kappa shape index (κ2) is 6.42. The zero-order valence-electron chi connectivity index (χ0n) is 13.6. The van der Waals surface area contributed by atoms with Crippen molar-refractivity contribution in [3.63, 3.8) is 0 Å². The first kappa shape index (κ1) is 14.9. The summed E-state index contributed by atoms with van der Waals surface area (Å²) in [6, 6.07) is 6.10. The van der Waals surface area contributed by atoms with Gasteiger partial charge in [-0.15, -0.1) is 0 Å². The predicted molar refractivity (Wildman–Crippen MR) is 87.9 cm³/mol. The van der Waals surface area contributed by atoms with Crippen LogP contribution < -0.4 is 9.47 Å². The highest BCUT2D eigenvalue weighted by atomic mass is 16.6. The van der Waals surface area contributed by atoms with Crippen LogP contribution in [0.15, 0.2) is 18.2 Å². The Hall–Kier alpha value is -1.71. The van der Waals surface area contributed by atoms with E-state index in [4.69, 9.17) is 9.47 Å². The van der Waals surface area contributed by atoms with E-state index in [1.54, 1.807) is 0 Å². The summed E-state index contributed by atoms with van der Waals surface area (Å²) in [5.74, 6) is 2.40. The third-order valence-corrected chi connectivity index (χ3v) is 5.48. The quantitative estimate of drug-likeness (QED) is 0.858. The maximum atomic E-state index is 13.2. The maximum Gasteiger partial charge on any atom is 0.230 e. The molecule has 1 atom stereocenters. The average molecular weight is 315 g/mol. The Morgan fingerprint density at radius 3 is 2.43 bits per heavy atom. The van der Waals surface area contributed by atoms with Crippen LogP contribution in [0.3, 0.4) is 0 Å². The van der Waals surface area contributed by atoms with Crippen LogP contribution in [0.4, 0.5) is 0 Å². The number of likely N-dealkylation sites (tertiary alicyclic amines) is 1. The zero-order chi connectivity index (χ0) is 15.6. The van der Waals surface area contributed by atoms with E-state index >= 15 is 0 Å². The van der Waals surface area contributed by atoms with E-state index in [1.807, 2.05) is 12.1 Å². The number of carbonyl (C=O) groups is 1. The smallest absolute Gasteiger partial charge is 0.230 e. The molecule has 1 saturated heterocycles. The number of fused-ring (bicyclic) bond motifs is 1. The van der Waals surface area contributed by atoms with Crippen molar-refractivity contribution in [1.82, 2.24) is 4.90 Å². The molecule has 2 heterocycles. The molecule has 0 spiro atoms. The SMILES string of the molecule is O=C(C(c1ccc2c(c1)OCCO2)C1CCCC1)N1CCCC1. The van der Waals surface area contributed by atoms with Gasteiger partial charge in [0.2, 0.25) is 5.91 Å². The number of ether oxygens (including phenoxy) is 2. The second-order valence-corrected chi connectivity index (χ2v) is 6.96. The molecule has 2 fully saturated rings. The van der Waals surface area contributed by atoms with Gasteiger partial charge in [0.1, 0.15) is 13.2 Å². The minimum atomic E-state index is -0.00794. The van der Waals surface area contributed by atoms with Crippen molar-refractivity contribution in [2.45, 2.75) is 44.4 Å². The van der Waals surface area contributed by atoms with Gasteiger partial charge in [0.05, 0.1) is 5.92 Å². The van der Waals surface area contributed by atoms with Crippen molar-refractivity contribution in [3.8, 4) is 11.5 Å². The van der Waals surface area contributed by atoms with Gasteiger partial charge < -0.3 is 14.4 Å². The van der Waals surface area contributed by atoms with E-state index in [0.717, 1.165) is 43.0 Å². The van der Waals surface area contributed by atoms with E-state index in [-0.39, 0.29) is 5.92 Å². The molecule has 4 nitrogen and oxygen atoms in total. The molecule has 0 radical (unpaired) electrons. The highest BCUT2D eigenvalue weighted by Crippen LogP contribution is 2.42. The zero-order valence-corrected chi connectivity index (χ0v) is 13.6. The van der Waals surface area contributed by atoms with Crippen molar-refractivity contribution < 1.29 is 14.3 Å². The van der Waals surface area contributed by atoms with Crippen LogP contribution >= 0.6 is 0 Å². The predicted octanol–water partition coefficient (Wildman–Crippen LogP) is 3.35. The normalized spacial score (nSPS) is 22.3. The molecule has 3 aliphatic rings. The van der Waals surface area contributed by atoms with Crippen LogP contribution in [0.25, 0.3) is 0 Å². The van der Waals surface area contributed by atoms with E-state index in [1.165, 1.54) is 25.7 Å². The van der Waals surface area contributed by atoms with Crippen molar-refractivity contribution in [1.29, 1.82) is 0 Å². The van der Waals surface area contributed by atoms with Crippen LogP contribution in [0.1, 0.15) is 50.0 Å². The third-order valence-electron chi connectivity index (χ3n) is 5.48. The van der Waals surface area contributed by atoms with E-state index in [9.17, 15) is 4.79 Å². The van der Waals surface area contributed by atoms with Crippen LogP contribution in [-0.2, 0) is 4.79 Å². The largest absolute Gasteiger partial charge is 0.486 e. The van der Waals surface area contributed by atoms with Gasteiger partial charge in [-0.25, -0.2) is 0 Å². The Morgan fingerprint density at radius 1 is 1.00 bits per heavy atom. The third kappa shape index (κ3) is 2.91. The minimum absolute atomic E-state index is 0.00794. The fourth-order valence-electron chi connectivity index (χ4n) is 4.29. The molecule has 1 aromatic carbocycles. The number of rotatable bonds is 3. The van der Waals surface area contributed by atoms with Gasteiger partial charge in [0.15, 0.2) is 11.5 Å². The summed E-state index contributed by atoms with van der Waals surface area (Å²) in [4.78, 5) is 15.2. The summed E-state index contributed by atoms with van der Waals surface area (Å²) in [5.41, 5.74) is 1.11. The van der Waals surface area contributed by atoms with Crippen LogP contribution in [0, 0.1) is 5.92 Å². The van der Waals surface area contributed by atoms with Crippen molar-refractivity contribution in [2.75, 3.05) is 26.3 Å². The molecule has 0 aromatic heterocycles. The Balaban J connectivity index is 1.65. The van der Waals surface area contributed by atoms with Gasteiger partial charge in [-0.1, -0.05) is 18.9 Å². The number of hydrogen-bond donors (Lipinski definition) is 0. The summed E-state index contributed by atoms with van der Waals surface area (Å²) in [7, 11) is 0. The molecule has 2 aliphatic heterocycles. The second-order valence-electron chi connectivity index (χ2n) is 6.96. The van der Waals surface area contributed by atoms with Gasteiger partial charge in [0, 0.05) is 13.1 Å². The highest BCUT2D eigenvalue weighted by molar-refractivity contribution is 5.84. The number of hydrogen-bond acceptors (Lipinski definition) is 3. The molecule has 1 unspecified atom stereocenters. The number of carbonyl (C=O) groups excluding carboxylic acids is 1. The summed E-state index contributed by atoms with van der Waals surface area (Å²) < 4.78 is 11.4. The minimum Gasteiger partial charge on any atom is -0.486 e. The molecule has 0 bridgehead atoms. The molecule has 4 rings (SSSR count). The molecule has 1 aliphatic carbocycles. The molecule has 1 amide bonds. The van der Waals surface area contributed by atoms with Crippen LogP contribution in [0.5, 0.6) is 11.5 Å². The Morgan fingerprint density at radius 2 is 1.70 bits per heavy atom. The summed E-state index contributed by atoms with van der Waals surface area (Å²) in [5, 5.41) is 0. The average Bonchev–Trinajstić information content (AvgIpc) is 3.29. The molecule has 0 N–H and O–H groups in total. The van der Waals surface area contributed by atoms with E-state index in [2.05, 4.69) is 11.0 Å². The fraction of sp³-hybridized carbons (Fsp3) is 0.632. The summed E-state index contributed by atoms with van der Waals surface area (Å²) in [6.45, 7) is 3.04. The Kier molecular flexibility index (Phi) is 4.15. The summed E-state index contributed by atoms with van der Waals surface area (Å²) >= 11 is 0. The summed E-state index contributed by atoms with van der Waals surface area (Å²) in [6.07, 6.45) is 7.11. The molecule has 4 heteroatoms. The molecule has 23 heavy (non-hydrogen) atoms. The topological polar surface area (TPSA) is 38.8 Å². The molecule has 1 aromatic rings. The Bertz CT molecular complexity index is 574. The van der Waals surface area contributed by atoms with Crippen LogP contribution in [0.2, 0.25) is 0 Å². The number of benzene rings is 1. The van der Waals surface area contributed by atoms with E-state index in [0.29, 0.717) is 25.0 Å². The van der Waals surface area contributed by atoms with Gasteiger partial charge in [0.25, 0.3) is 0 Å². The van der Waals surface area contributed by atoms with Gasteiger partial charge in [-0.3, -0.25) is 4.79 Å². The lowest BCUT2D eigenvalue weighted by atomic mass is 9.83. The number of nitrogens with zero attached hydrogens (tertiary/aromatic N) is 1. The fourth-order valence-corrected chi connectivity index (χ4v) is 4.29. The standard InChI is InChI=1S/C19H25NO3/c21-19(20-9-3-4-10-20)18(14-5-1-2-6-14)15-7-8-16-17(13-15)23-12-11-22-16/h7-8,13-14,18H,1-6,9-12H2. The lowest BCUT2D eigenvalue weighted by Crippen LogP contribution is -2.35. The first-order chi connectivity index (χ1) is 11.3. The molecular formula is C19H25NO3. The van der Waals surface area contributed by atoms with Crippen molar-refractivity contribution >= 4 is 5.91 Å². The maximum absolute atomic E-state index is 13.2. The Labute approximate surface area is 137 Å². The first-order valence-electron chi connectivity index (χ1n) is 9.01. The number of amides is 1. The monoisotopic (exact) mass is 315 g/mol. The van der Waals surface area contributed by atoms with Crippen LogP contribution in [-0.4, -0.2) is 37.1 Å². The lowest BCUT2D eigenvalue weighted by Gasteiger charge is -2.29. The van der Waals surface area contributed by atoms with Crippen molar-refractivity contribution in [2.24, 2.45) is 5.92 Å². The highest BCUT2D eigenvalue weighted by Gasteiger charge is 2.36. The van der Waals surface area contributed by atoms with E-state index < -0.39 is 0 Å². The molecular weight excluding hydrogens is 290 g/mol.